The van der Waals surface area contributed by atoms with Crippen molar-refractivity contribution < 1.29 is 9.90 Å². The molecule has 0 bridgehead atoms. The van der Waals surface area contributed by atoms with E-state index in [9.17, 15) is 9.90 Å². The summed E-state index contributed by atoms with van der Waals surface area (Å²) in [6, 6.07) is 2.03. The van der Waals surface area contributed by atoms with Crippen LogP contribution < -0.4 is 0 Å². The second-order valence-electron chi connectivity index (χ2n) is 5.84. The summed E-state index contributed by atoms with van der Waals surface area (Å²) in [5.41, 5.74) is 1.65. The molecule has 1 aromatic rings. The van der Waals surface area contributed by atoms with Crippen LogP contribution in [0.3, 0.4) is 0 Å². The second-order valence-corrected chi connectivity index (χ2v) is 5.84. The number of rotatable bonds is 3. The number of likely N-dealkylation sites (tertiary alicyclic amines) is 1. The first kappa shape index (κ1) is 15.0. The van der Waals surface area contributed by atoms with E-state index in [1.54, 1.807) is 19.3 Å². The Hall–Kier alpha value is -1.42. The molecule has 0 aliphatic carbocycles. The van der Waals surface area contributed by atoms with E-state index in [2.05, 4.69) is 4.98 Å². The molecule has 0 spiro atoms. The van der Waals surface area contributed by atoms with E-state index < -0.39 is 0 Å². The van der Waals surface area contributed by atoms with E-state index in [0.717, 1.165) is 37.8 Å². The fourth-order valence-corrected chi connectivity index (χ4v) is 2.92. The SMILES string of the molecule is Cc1cncc(C(=O)N2CCCCCC2CC(C)O)c1. The van der Waals surface area contributed by atoms with Crippen LogP contribution in [0.2, 0.25) is 0 Å². The average Bonchev–Trinajstić information content (AvgIpc) is 2.63. The van der Waals surface area contributed by atoms with Gasteiger partial charge in [0.05, 0.1) is 11.7 Å². The van der Waals surface area contributed by atoms with Gasteiger partial charge < -0.3 is 10.0 Å². The Kier molecular flexibility index (Phi) is 5.12. The molecule has 4 nitrogen and oxygen atoms in total. The lowest BCUT2D eigenvalue weighted by atomic mass is 10.0. The zero-order chi connectivity index (χ0) is 14.5. The van der Waals surface area contributed by atoms with Crippen molar-refractivity contribution in [3.05, 3.63) is 29.6 Å². The predicted octanol–water partition coefficient (Wildman–Crippen LogP) is 2.55. The third kappa shape index (κ3) is 3.79. The number of hydrogen-bond donors (Lipinski definition) is 1. The Morgan fingerprint density at radius 3 is 2.95 bits per heavy atom. The zero-order valence-corrected chi connectivity index (χ0v) is 12.4. The lowest BCUT2D eigenvalue weighted by Gasteiger charge is -2.31. The fraction of sp³-hybridized carbons (Fsp3) is 0.625. The molecule has 2 heterocycles. The highest BCUT2D eigenvalue weighted by molar-refractivity contribution is 5.94. The zero-order valence-electron chi connectivity index (χ0n) is 12.4. The number of carbonyl (C=O) groups excluding carboxylic acids is 1. The van der Waals surface area contributed by atoms with Gasteiger partial charge in [-0.25, -0.2) is 0 Å². The molecule has 0 radical (unpaired) electrons. The van der Waals surface area contributed by atoms with Crippen molar-refractivity contribution in [1.29, 1.82) is 0 Å². The van der Waals surface area contributed by atoms with Gasteiger partial charge in [0.1, 0.15) is 0 Å². The summed E-state index contributed by atoms with van der Waals surface area (Å²) < 4.78 is 0. The number of pyridine rings is 1. The summed E-state index contributed by atoms with van der Waals surface area (Å²) in [4.78, 5) is 18.8. The van der Waals surface area contributed by atoms with Gasteiger partial charge in [-0.05, 0) is 44.7 Å². The van der Waals surface area contributed by atoms with Crippen LogP contribution in [-0.4, -0.2) is 39.6 Å². The molecule has 0 aromatic carbocycles. The molecule has 1 aliphatic heterocycles. The van der Waals surface area contributed by atoms with E-state index in [-0.39, 0.29) is 18.1 Å². The molecule has 20 heavy (non-hydrogen) atoms. The van der Waals surface area contributed by atoms with Crippen LogP contribution >= 0.6 is 0 Å². The molecule has 1 aliphatic rings. The summed E-state index contributed by atoms with van der Waals surface area (Å²) in [5, 5.41) is 9.66. The third-order valence-electron chi connectivity index (χ3n) is 3.87. The number of aliphatic hydroxyl groups excluding tert-OH is 1. The Bertz CT molecular complexity index is 460. The molecule has 2 rings (SSSR count). The minimum absolute atomic E-state index is 0.0498. The molecule has 2 unspecified atom stereocenters. The number of nitrogens with zero attached hydrogens (tertiary/aromatic N) is 2. The fourth-order valence-electron chi connectivity index (χ4n) is 2.92. The summed E-state index contributed by atoms with van der Waals surface area (Å²) in [5.74, 6) is 0.0498. The van der Waals surface area contributed by atoms with E-state index in [1.165, 1.54) is 0 Å². The van der Waals surface area contributed by atoms with E-state index in [4.69, 9.17) is 0 Å². The number of carbonyl (C=O) groups is 1. The lowest BCUT2D eigenvalue weighted by molar-refractivity contribution is 0.0606. The summed E-state index contributed by atoms with van der Waals surface area (Å²) in [6.45, 7) is 4.52. The van der Waals surface area contributed by atoms with E-state index in [1.807, 2.05) is 17.9 Å². The van der Waals surface area contributed by atoms with Gasteiger partial charge in [0, 0.05) is 25.0 Å². The largest absolute Gasteiger partial charge is 0.393 e. The Labute approximate surface area is 120 Å². The normalized spacial score (nSPS) is 21.4. The van der Waals surface area contributed by atoms with Crippen molar-refractivity contribution in [3.63, 3.8) is 0 Å². The maximum absolute atomic E-state index is 12.7. The maximum atomic E-state index is 12.7. The van der Waals surface area contributed by atoms with Gasteiger partial charge >= 0.3 is 0 Å². The molecule has 110 valence electrons. The molecule has 0 saturated carbocycles. The standard InChI is InChI=1S/C16H24N2O2/c1-12-8-14(11-17-10-12)16(20)18-7-5-3-4-6-15(18)9-13(2)19/h8,10-11,13,15,19H,3-7,9H2,1-2H3. The Balaban J connectivity index is 2.19. The lowest BCUT2D eigenvalue weighted by Crippen LogP contribution is -2.41. The molecule has 1 amide bonds. The van der Waals surface area contributed by atoms with Crippen LogP contribution in [0.15, 0.2) is 18.5 Å². The van der Waals surface area contributed by atoms with Crippen molar-refractivity contribution in [2.75, 3.05) is 6.54 Å². The molecule has 2 atom stereocenters. The first-order valence-corrected chi connectivity index (χ1v) is 7.48. The topological polar surface area (TPSA) is 53.4 Å². The van der Waals surface area contributed by atoms with Crippen LogP contribution in [0.1, 0.15) is 54.9 Å². The van der Waals surface area contributed by atoms with Gasteiger partial charge in [-0.1, -0.05) is 12.8 Å². The van der Waals surface area contributed by atoms with Crippen molar-refractivity contribution >= 4 is 5.91 Å². The monoisotopic (exact) mass is 276 g/mol. The number of aliphatic hydroxyl groups is 1. The third-order valence-corrected chi connectivity index (χ3v) is 3.87. The highest BCUT2D eigenvalue weighted by atomic mass is 16.3. The van der Waals surface area contributed by atoms with Gasteiger partial charge in [-0.3, -0.25) is 9.78 Å². The van der Waals surface area contributed by atoms with E-state index in [0.29, 0.717) is 12.0 Å². The maximum Gasteiger partial charge on any atom is 0.255 e. The molecular weight excluding hydrogens is 252 g/mol. The van der Waals surface area contributed by atoms with Crippen LogP contribution in [0, 0.1) is 6.92 Å². The quantitative estimate of drug-likeness (QED) is 0.923. The molecule has 4 heteroatoms. The highest BCUT2D eigenvalue weighted by Crippen LogP contribution is 2.22. The number of hydrogen-bond acceptors (Lipinski definition) is 3. The summed E-state index contributed by atoms with van der Waals surface area (Å²) in [6.07, 6.45) is 8.00. The number of aryl methyl sites for hydroxylation is 1. The van der Waals surface area contributed by atoms with E-state index >= 15 is 0 Å². The molecular formula is C16H24N2O2. The molecule has 1 N–H and O–H groups in total. The molecule has 1 aromatic heterocycles. The predicted molar refractivity (Wildman–Crippen MR) is 78.6 cm³/mol. The smallest absolute Gasteiger partial charge is 0.255 e. The first-order valence-electron chi connectivity index (χ1n) is 7.48. The Morgan fingerprint density at radius 2 is 2.25 bits per heavy atom. The molecule has 1 fully saturated rings. The van der Waals surface area contributed by atoms with Gasteiger partial charge in [0.2, 0.25) is 0 Å². The Morgan fingerprint density at radius 1 is 1.45 bits per heavy atom. The van der Waals surface area contributed by atoms with Crippen LogP contribution in [0.5, 0.6) is 0 Å². The van der Waals surface area contributed by atoms with Crippen molar-refractivity contribution in [2.45, 2.75) is 58.1 Å². The van der Waals surface area contributed by atoms with Gasteiger partial charge in [0.25, 0.3) is 5.91 Å². The number of aromatic nitrogens is 1. The van der Waals surface area contributed by atoms with Gasteiger partial charge in [-0.15, -0.1) is 0 Å². The van der Waals surface area contributed by atoms with Crippen molar-refractivity contribution in [3.8, 4) is 0 Å². The summed E-state index contributed by atoms with van der Waals surface area (Å²) >= 11 is 0. The number of amides is 1. The van der Waals surface area contributed by atoms with Crippen LogP contribution in [0.25, 0.3) is 0 Å². The second kappa shape index (κ2) is 6.84. The first-order chi connectivity index (χ1) is 9.58. The van der Waals surface area contributed by atoms with Crippen molar-refractivity contribution in [2.24, 2.45) is 0 Å². The van der Waals surface area contributed by atoms with Crippen LogP contribution in [0.4, 0.5) is 0 Å². The minimum Gasteiger partial charge on any atom is -0.393 e. The highest BCUT2D eigenvalue weighted by Gasteiger charge is 2.27. The van der Waals surface area contributed by atoms with Crippen LogP contribution in [-0.2, 0) is 0 Å². The van der Waals surface area contributed by atoms with Gasteiger partial charge in [-0.2, -0.15) is 0 Å². The van der Waals surface area contributed by atoms with Crippen molar-refractivity contribution in [1.82, 2.24) is 9.88 Å². The minimum atomic E-state index is -0.371. The van der Waals surface area contributed by atoms with Gasteiger partial charge in [0.15, 0.2) is 0 Å². The average molecular weight is 276 g/mol. The molecule has 1 saturated heterocycles. The summed E-state index contributed by atoms with van der Waals surface area (Å²) in [7, 11) is 0.